The van der Waals surface area contributed by atoms with Gasteiger partial charge in [-0.15, -0.1) is 4.73 Å². The molecule has 1 N–H and O–H groups in total. The zero-order chi connectivity index (χ0) is 13.1. The fraction of sp³-hybridized carbons (Fsp3) is 0.455. The molecule has 0 bridgehead atoms. The first-order chi connectivity index (χ1) is 7.93. The van der Waals surface area contributed by atoms with Gasteiger partial charge in [0, 0.05) is 5.02 Å². The maximum absolute atomic E-state index is 12.4. The molecule has 3 nitrogen and oxygen atoms in total. The quantitative estimate of drug-likeness (QED) is 0.811. The third kappa shape index (κ3) is 2.55. The highest BCUT2D eigenvalue weighted by atomic mass is 35.5. The third-order valence-corrected chi connectivity index (χ3v) is 5.60. The average Bonchev–Trinajstić information content (AvgIpc) is 2.33. The molecule has 1 aromatic rings. The van der Waals surface area contributed by atoms with Crippen molar-refractivity contribution in [3.63, 3.8) is 0 Å². The minimum absolute atomic E-state index is 0.294. The molecule has 0 fully saturated rings. The Labute approximate surface area is 105 Å². The summed E-state index contributed by atoms with van der Waals surface area (Å²) in [7, 11) is -4.36. The van der Waals surface area contributed by atoms with Crippen LogP contribution in [0.2, 0.25) is 5.02 Å². The zero-order valence-electron chi connectivity index (χ0n) is 9.69. The minimum Gasteiger partial charge on any atom is -0.322 e. The van der Waals surface area contributed by atoms with Crippen LogP contribution in [0.3, 0.4) is 0 Å². The summed E-state index contributed by atoms with van der Waals surface area (Å²) in [6.07, 6.45) is 0.589. The van der Waals surface area contributed by atoms with Crippen LogP contribution in [0.1, 0.15) is 32.3 Å². The molecule has 6 heteroatoms. The summed E-state index contributed by atoms with van der Waals surface area (Å²) in [5.41, 5.74) is 0.551. The standard InChI is InChI=1S/C11H15ClFO3P/c1-3-11(4-2,17(14,15)16-13)9-5-7-10(12)8-6-9/h5-8H,3-4H2,1-2H3,(H,14,15). The Morgan fingerprint density at radius 2 is 1.82 bits per heavy atom. The van der Waals surface area contributed by atoms with E-state index >= 15 is 0 Å². The second-order valence-corrected chi connectivity index (χ2v) is 6.31. The van der Waals surface area contributed by atoms with Gasteiger partial charge in [-0.1, -0.05) is 37.6 Å². The van der Waals surface area contributed by atoms with Crippen LogP contribution < -0.4 is 0 Å². The van der Waals surface area contributed by atoms with E-state index in [0.29, 0.717) is 23.4 Å². The fourth-order valence-electron chi connectivity index (χ4n) is 2.05. The zero-order valence-corrected chi connectivity index (χ0v) is 11.3. The molecular weight excluding hydrogens is 266 g/mol. The van der Waals surface area contributed by atoms with Gasteiger partial charge in [0.25, 0.3) is 0 Å². The topological polar surface area (TPSA) is 46.5 Å². The van der Waals surface area contributed by atoms with E-state index in [1.165, 1.54) is 0 Å². The van der Waals surface area contributed by atoms with Gasteiger partial charge in [0.1, 0.15) is 0 Å². The Kier molecular flexibility index (Phi) is 4.73. The van der Waals surface area contributed by atoms with Gasteiger partial charge in [-0.25, -0.2) is 0 Å². The molecule has 0 spiro atoms. The van der Waals surface area contributed by atoms with Gasteiger partial charge >= 0.3 is 7.60 Å². The van der Waals surface area contributed by atoms with Crippen molar-refractivity contribution in [3.8, 4) is 0 Å². The third-order valence-electron chi connectivity index (χ3n) is 3.19. The summed E-state index contributed by atoms with van der Waals surface area (Å²) in [5.74, 6) is 0. The molecule has 0 heterocycles. The number of benzene rings is 1. The lowest BCUT2D eigenvalue weighted by atomic mass is 9.93. The predicted octanol–water partition coefficient (Wildman–Crippen LogP) is 4.44. The van der Waals surface area contributed by atoms with Crippen LogP contribution in [0.5, 0.6) is 0 Å². The smallest absolute Gasteiger partial charge is 0.322 e. The first kappa shape index (κ1) is 14.7. The monoisotopic (exact) mass is 280 g/mol. The fourth-order valence-corrected chi connectivity index (χ4v) is 3.58. The van der Waals surface area contributed by atoms with E-state index in [0.717, 1.165) is 0 Å². The van der Waals surface area contributed by atoms with E-state index in [-0.39, 0.29) is 0 Å². The number of hydrogen-bond donors (Lipinski definition) is 1. The van der Waals surface area contributed by atoms with Crippen LogP contribution in [0.4, 0.5) is 4.53 Å². The highest BCUT2D eigenvalue weighted by molar-refractivity contribution is 7.54. The summed E-state index contributed by atoms with van der Waals surface area (Å²) < 4.78 is 27.6. The summed E-state index contributed by atoms with van der Waals surface area (Å²) >= 11 is 5.76. The molecule has 0 saturated heterocycles. The van der Waals surface area contributed by atoms with Gasteiger partial charge in [0.05, 0.1) is 5.16 Å². The maximum atomic E-state index is 12.4. The van der Waals surface area contributed by atoms with E-state index in [9.17, 15) is 14.0 Å². The molecule has 1 rings (SSSR count). The number of rotatable bonds is 5. The molecule has 0 radical (unpaired) electrons. The first-order valence-electron chi connectivity index (χ1n) is 5.32. The Morgan fingerprint density at radius 3 is 2.18 bits per heavy atom. The lowest BCUT2D eigenvalue weighted by Crippen LogP contribution is -2.24. The summed E-state index contributed by atoms with van der Waals surface area (Å²) in [6.45, 7) is 3.44. The molecule has 0 aliphatic carbocycles. The van der Waals surface area contributed by atoms with E-state index in [1.807, 2.05) is 0 Å². The van der Waals surface area contributed by atoms with Crippen LogP contribution >= 0.6 is 19.2 Å². The van der Waals surface area contributed by atoms with E-state index < -0.39 is 12.8 Å². The molecule has 0 amide bonds. The molecule has 1 atom stereocenters. The van der Waals surface area contributed by atoms with Crippen molar-refractivity contribution in [1.29, 1.82) is 0 Å². The molecule has 17 heavy (non-hydrogen) atoms. The summed E-state index contributed by atoms with van der Waals surface area (Å²) in [5, 5.41) is -0.712. The largest absolute Gasteiger partial charge is 0.371 e. The van der Waals surface area contributed by atoms with E-state index in [2.05, 4.69) is 4.73 Å². The predicted molar refractivity (Wildman–Crippen MR) is 65.7 cm³/mol. The van der Waals surface area contributed by atoms with Gasteiger partial charge in [-0.05, 0) is 35.1 Å². The second kappa shape index (κ2) is 5.49. The minimum atomic E-state index is -4.36. The molecule has 0 aromatic heterocycles. The van der Waals surface area contributed by atoms with Gasteiger partial charge < -0.3 is 4.89 Å². The van der Waals surface area contributed by atoms with Crippen LogP contribution in [0, 0.1) is 0 Å². The summed E-state index contributed by atoms with van der Waals surface area (Å²) in [4.78, 5) is 9.68. The molecule has 0 aliphatic rings. The van der Waals surface area contributed by atoms with Gasteiger partial charge in [0.15, 0.2) is 0 Å². The summed E-state index contributed by atoms with van der Waals surface area (Å²) in [6, 6.07) is 6.46. The van der Waals surface area contributed by atoms with Crippen molar-refractivity contribution in [2.45, 2.75) is 31.8 Å². The molecule has 0 aliphatic heterocycles. The number of hydrogen-bond acceptors (Lipinski definition) is 2. The lowest BCUT2D eigenvalue weighted by molar-refractivity contribution is -0.0267. The number of halogens is 2. The van der Waals surface area contributed by atoms with Crippen molar-refractivity contribution in [3.05, 3.63) is 34.9 Å². The Bertz CT molecular complexity index is 417. The van der Waals surface area contributed by atoms with Crippen LogP contribution in [-0.4, -0.2) is 4.89 Å². The van der Waals surface area contributed by atoms with Crippen molar-refractivity contribution in [2.24, 2.45) is 0 Å². The van der Waals surface area contributed by atoms with E-state index in [4.69, 9.17) is 11.6 Å². The van der Waals surface area contributed by atoms with E-state index in [1.54, 1.807) is 38.1 Å². The Balaban J connectivity index is 3.35. The van der Waals surface area contributed by atoms with Crippen molar-refractivity contribution >= 4 is 19.2 Å². The first-order valence-corrected chi connectivity index (χ1v) is 7.28. The van der Waals surface area contributed by atoms with Crippen LogP contribution in [-0.2, 0) is 14.4 Å². The molecule has 0 saturated carbocycles. The van der Waals surface area contributed by atoms with Gasteiger partial charge in [-0.3, -0.25) is 4.57 Å². The lowest BCUT2D eigenvalue weighted by Gasteiger charge is -2.33. The van der Waals surface area contributed by atoms with Crippen LogP contribution in [0.25, 0.3) is 0 Å². The van der Waals surface area contributed by atoms with Gasteiger partial charge in [-0.2, -0.15) is 0 Å². The molecule has 1 aromatic carbocycles. The Hall–Kier alpha value is -0.410. The average molecular weight is 281 g/mol. The molecule has 96 valence electrons. The Morgan fingerprint density at radius 1 is 1.35 bits per heavy atom. The highest BCUT2D eigenvalue weighted by Gasteiger charge is 2.48. The normalized spacial score (nSPS) is 15.6. The van der Waals surface area contributed by atoms with Gasteiger partial charge in [0.2, 0.25) is 0 Å². The van der Waals surface area contributed by atoms with Crippen molar-refractivity contribution < 1.29 is 18.7 Å². The maximum Gasteiger partial charge on any atom is 0.371 e. The second-order valence-electron chi connectivity index (χ2n) is 3.84. The van der Waals surface area contributed by atoms with Crippen molar-refractivity contribution in [1.82, 2.24) is 0 Å². The highest BCUT2D eigenvalue weighted by Crippen LogP contribution is 2.64. The van der Waals surface area contributed by atoms with Crippen molar-refractivity contribution in [2.75, 3.05) is 0 Å². The van der Waals surface area contributed by atoms with Crippen LogP contribution in [0.15, 0.2) is 24.3 Å². The SMILES string of the molecule is CCC(CC)(c1ccc(Cl)cc1)P(=O)(O)OF. The molecule has 1 unspecified atom stereocenters. The molecular formula is C11H15ClFO3P.